The first kappa shape index (κ1) is 15.9. The monoisotopic (exact) mass is 198 g/mol. The lowest BCUT2D eigenvalue weighted by Crippen LogP contribution is -2.13. The second kappa shape index (κ2) is 18.2. The highest BCUT2D eigenvalue weighted by molar-refractivity contribution is 4.87. The van der Waals surface area contributed by atoms with E-state index in [0.717, 1.165) is 19.5 Å². The van der Waals surface area contributed by atoms with Crippen molar-refractivity contribution in [2.24, 2.45) is 5.73 Å². The third-order valence-electron chi connectivity index (χ3n) is 1.23. The summed E-state index contributed by atoms with van der Waals surface area (Å²) in [6.07, 6.45) is 10.6. The third-order valence-corrected chi connectivity index (χ3v) is 1.23. The second-order valence-corrected chi connectivity index (χ2v) is 2.95. The van der Waals surface area contributed by atoms with E-state index < -0.39 is 0 Å². The van der Waals surface area contributed by atoms with Crippen molar-refractivity contribution >= 4 is 0 Å². The zero-order valence-electron chi connectivity index (χ0n) is 9.92. The molecule has 0 fully saturated rings. The Kier molecular flexibility index (Phi) is 20.7. The van der Waals surface area contributed by atoms with E-state index in [1.165, 1.54) is 6.42 Å². The van der Waals surface area contributed by atoms with Gasteiger partial charge in [-0.25, -0.2) is 0 Å². The second-order valence-electron chi connectivity index (χ2n) is 2.95. The van der Waals surface area contributed by atoms with Crippen LogP contribution in [0, 0.1) is 0 Å². The first-order valence-electron chi connectivity index (χ1n) is 5.54. The maximum atomic E-state index is 5.26. The molecule has 0 radical (unpaired) electrons. The summed E-state index contributed by atoms with van der Waals surface area (Å²) in [5, 5.41) is 3.23. The lowest BCUT2D eigenvalue weighted by Gasteiger charge is -1.93. The predicted octanol–water partition coefficient (Wildman–Crippen LogP) is 2.47. The molecule has 0 bridgehead atoms. The molecule has 0 saturated carbocycles. The standard InChI is InChI=1S/C9H18N2.C3H8/c1-2-3-5-8-11-9-6-4-7-10;1-3-2/h3-6,11H,2,7-10H2,1H3;3H2,1-2H3/b5-3-,6-4-;. The Morgan fingerprint density at radius 3 is 1.86 bits per heavy atom. The molecule has 0 aliphatic heterocycles. The highest BCUT2D eigenvalue weighted by Crippen LogP contribution is 1.76. The van der Waals surface area contributed by atoms with Crippen molar-refractivity contribution in [3.05, 3.63) is 24.3 Å². The van der Waals surface area contributed by atoms with Crippen molar-refractivity contribution in [1.29, 1.82) is 0 Å². The highest BCUT2D eigenvalue weighted by atomic mass is 14.8. The Bertz CT molecular complexity index is 114. The fourth-order valence-corrected chi connectivity index (χ4v) is 0.680. The Hall–Kier alpha value is -0.600. The van der Waals surface area contributed by atoms with Crippen LogP contribution in [-0.4, -0.2) is 19.6 Å². The molecule has 0 saturated heterocycles. The molecule has 0 rings (SSSR count). The molecular formula is C12H26N2. The van der Waals surface area contributed by atoms with Gasteiger partial charge in [0.15, 0.2) is 0 Å². The number of nitrogens with two attached hydrogens (primary N) is 1. The van der Waals surface area contributed by atoms with Gasteiger partial charge in [0.1, 0.15) is 0 Å². The molecule has 0 aliphatic rings. The van der Waals surface area contributed by atoms with Gasteiger partial charge >= 0.3 is 0 Å². The predicted molar refractivity (Wildman–Crippen MR) is 66.5 cm³/mol. The topological polar surface area (TPSA) is 38.0 Å². The van der Waals surface area contributed by atoms with Gasteiger partial charge in [-0.1, -0.05) is 51.5 Å². The van der Waals surface area contributed by atoms with Crippen LogP contribution in [0.3, 0.4) is 0 Å². The van der Waals surface area contributed by atoms with Crippen molar-refractivity contribution in [3.8, 4) is 0 Å². The van der Waals surface area contributed by atoms with E-state index in [4.69, 9.17) is 5.73 Å². The molecule has 0 heterocycles. The van der Waals surface area contributed by atoms with Crippen LogP contribution in [0.25, 0.3) is 0 Å². The third kappa shape index (κ3) is 22.5. The number of nitrogens with one attached hydrogen (secondary N) is 1. The van der Waals surface area contributed by atoms with Gasteiger partial charge in [0, 0.05) is 19.6 Å². The van der Waals surface area contributed by atoms with Gasteiger partial charge in [-0.3, -0.25) is 0 Å². The molecule has 2 heteroatoms. The Morgan fingerprint density at radius 2 is 1.43 bits per heavy atom. The van der Waals surface area contributed by atoms with Crippen molar-refractivity contribution in [3.63, 3.8) is 0 Å². The average molecular weight is 198 g/mol. The SMILES string of the molecule is CC/C=C\CNC/C=C\CN.CCC. The van der Waals surface area contributed by atoms with Crippen LogP contribution in [0.5, 0.6) is 0 Å². The smallest absolute Gasteiger partial charge is 0.0138 e. The number of hydrogen-bond donors (Lipinski definition) is 2. The first-order valence-corrected chi connectivity index (χ1v) is 5.54. The average Bonchev–Trinajstić information content (AvgIpc) is 2.18. The van der Waals surface area contributed by atoms with Gasteiger partial charge < -0.3 is 11.1 Å². The van der Waals surface area contributed by atoms with E-state index in [2.05, 4.69) is 38.2 Å². The number of rotatable bonds is 6. The summed E-state index contributed by atoms with van der Waals surface area (Å²) in [5.74, 6) is 0. The molecule has 0 aromatic rings. The molecule has 0 amide bonds. The van der Waals surface area contributed by atoms with Crippen molar-refractivity contribution in [2.75, 3.05) is 19.6 Å². The lowest BCUT2D eigenvalue weighted by molar-refractivity contribution is 0.838. The molecule has 3 N–H and O–H groups in total. The quantitative estimate of drug-likeness (QED) is 0.508. The molecule has 0 spiro atoms. The van der Waals surface area contributed by atoms with E-state index >= 15 is 0 Å². The van der Waals surface area contributed by atoms with Crippen LogP contribution >= 0.6 is 0 Å². The number of allylic oxidation sites excluding steroid dienone is 1. The van der Waals surface area contributed by atoms with E-state index in [1.807, 2.05) is 12.2 Å². The maximum Gasteiger partial charge on any atom is 0.0138 e. The first-order chi connectivity index (χ1) is 6.83. The van der Waals surface area contributed by atoms with E-state index in [9.17, 15) is 0 Å². The van der Waals surface area contributed by atoms with Crippen LogP contribution in [0.2, 0.25) is 0 Å². The summed E-state index contributed by atoms with van der Waals surface area (Å²) in [5.41, 5.74) is 5.26. The zero-order chi connectivity index (χ0) is 11.1. The summed E-state index contributed by atoms with van der Waals surface area (Å²) < 4.78 is 0. The van der Waals surface area contributed by atoms with Crippen LogP contribution in [0.15, 0.2) is 24.3 Å². The Labute approximate surface area is 89.3 Å². The van der Waals surface area contributed by atoms with Crippen LogP contribution < -0.4 is 11.1 Å². The number of hydrogen-bond acceptors (Lipinski definition) is 2. The van der Waals surface area contributed by atoms with Gasteiger partial charge in [0.25, 0.3) is 0 Å². The summed E-state index contributed by atoms with van der Waals surface area (Å²) in [6, 6.07) is 0. The fraction of sp³-hybridized carbons (Fsp3) is 0.667. The van der Waals surface area contributed by atoms with E-state index in [0.29, 0.717) is 6.54 Å². The molecule has 0 aromatic heterocycles. The van der Waals surface area contributed by atoms with Gasteiger partial charge in [-0.05, 0) is 6.42 Å². The summed E-state index contributed by atoms with van der Waals surface area (Å²) >= 11 is 0. The minimum absolute atomic E-state index is 0.631. The minimum atomic E-state index is 0.631. The fourth-order valence-electron chi connectivity index (χ4n) is 0.680. The van der Waals surface area contributed by atoms with E-state index in [-0.39, 0.29) is 0 Å². The molecule has 0 aliphatic carbocycles. The van der Waals surface area contributed by atoms with Gasteiger partial charge in [0.05, 0.1) is 0 Å². The van der Waals surface area contributed by atoms with Crippen LogP contribution in [0.1, 0.15) is 33.6 Å². The zero-order valence-corrected chi connectivity index (χ0v) is 9.92. The highest BCUT2D eigenvalue weighted by Gasteiger charge is 1.75. The molecule has 14 heavy (non-hydrogen) atoms. The van der Waals surface area contributed by atoms with Crippen molar-refractivity contribution in [2.45, 2.75) is 33.6 Å². The molecule has 2 nitrogen and oxygen atoms in total. The van der Waals surface area contributed by atoms with Crippen LogP contribution in [0.4, 0.5) is 0 Å². The van der Waals surface area contributed by atoms with E-state index in [1.54, 1.807) is 0 Å². The Balaban J connectivity index is 0. The van der Waals surface area contributed by atoms with Crippen molar-refractivity contribution < 1.29 is 0 Å². The van der Waals surface area contributed by atoms with Gasteiger partial charge in [0.2, 0.25) is 0 Å². The maximum absolute atomic E-state index is 5.26. The van der Waals surface area contributed by atoms with Crippen LogP contribution in [-0.2, 0) is 0 Å². The summed E-state index contributed by atoms with van der Waals surface area (Å²) in [4.78, 5) is 0. The molecule has 0 atom stereocenters. The Morgan fingerprint density at radius 1 is 0.929 bits per heavy atom. The molecule has 84 valence electrons. The molecule has 0 unspecified atom stereocenters. The molecule has 0 aromatic carbocycles. The van der Waals surface area contributed by atoms with Gasteiger partial charge in [-0.15, -0.1) is 0 Å². The minimum Gasteiger partial charge on any atom is -0.327 e. The van der Waals surface area contributed by atoms with Gasteiger partial charge in [-0.2, -0.15) is 0 Å². The summed E-state index contributed by atoms with van der Waals surface area (Å²) in [6.45, 7) is 8.87. The summed E-state index contributed by atoms with van der Waals surface area (Å²) in [7, 11) is 0. The normalized spacial score (nSPS) is 10.6. The largest absolute Gasteiger partial charge is 0.327 e. The van der Waals surface area contributed by atoms with Crippen molar-refractivity contribution in [1.82, 2.24) is 5.32 Å². The molecular weight excluding hydrogens is 172 g/mol. The lowest BCUT2D eigenvalue weighted by atomic mass is 10.4.